The maximum atomic E-state index is 13.1. The van der Waals surface area contributed by atoms with Crippen LogP contribution in [0.15, 0.2) is 30.3 Å². The van der Waals surface area contributed by atoms with Gasteiger partial charge in [-0.1, -0.05) is 36.8 Å². The van der Waals surface area contributed by atoms with Crippen molar-refractivity contribution in [3.05, 3.63) is 35.9 Å². The summed E-state index contributed by atoms with van der Waals surface area (Å²) in [5.41, 5.74) is 1.04. The van der Waals surface area contributed by atoms with E-state index < -0.39 is 30.2 Å². The van der Waals surface area contributed by atoms with Crippen LogP contribution in [0, 0.1) is 11.8 Å². The molecule has 1 saturated heterocycles. The molecule has 7 nitrogen and oxygen atoms in total. The van der Waals surface area contributed by atoms with Gasteiger partial charge < -0.3 is 10.2 Å². The van der Waals surface area contributed by atoms with E-state index in [4.69, 9.17) is 0 Å². The van der Waals surface area contributed by atoms with Crippen molar-refractivity contribution in [3.8, 4) is 0 Å². The monoisotopic (exact) mass is 388 g/mol. The lowest BCUT2D eigenvalue weighted by Gasteiger charge is -2.28. The molecule has 2 aliphatic rings. The average molecular weight is 388 g/mol. The second-order valence-corrected chi connectivity index (χ2v) is 7.94. The normalized spacial score (nSPS) is 25.9. The third-order valence-electron chi connectivity index (χ3n) is 6.17. The molecule has 1 saturated carbocycles. The van der Waals surface area contributed by atoms with Gasteiger partial charge in [0.2, 0.25) is 0 Å². The van der Waals surface area contributed by atoms with Crippen LogP contribution < -0.4 is 5.32 Å². The van der Waals surface area contributed by atoms with Gasteiger partial charge in [-0.3, -0.25) is 19.8 Å². The Bertz CT molecular complexity index is 723. The molecule has 1 aliphatic heterocycles. The summed E-state index contributed by atoms with van der Waals surface area (Å²) in [6.45, 7) is 2.04. The number of aliphatic carboxylic acids is 1. The molecule has 3 N–H and O–H groups in total. The number of hydrogen-bond acceptors (Lipinski definition) is 4. The van der Waals surface area contributed by atoms with E-state index in [2.05, 4.69) is 5.32 Å². The number of rotatable bonds is 8. The summed E-state index contributed by atoms with van der Waals surface area (Å²) in [5, 5.41) is 22.0. The highest BCUT2D eigenvalue weighted by Crippen LogP contribution is 2.42. The van der Waals surface area contributed by atoms with Gasteiger partial charge in [-0.15, -0.1) is 0 Å². The van der Waals surface area contributed by atoms with E-state index in [1.165, 1.54) is 4.90 Å². The maximum absolute atomic E-state index is 13.1. The molecule has 2 fully saturated rings. The Morgan fingerprint density at radius 2 is 1.89 bits per heavy atom. The average Bonchev–Trinajstić information content (AvgIpc) is 3.26. The summed E-state index contributed by atoms with van der Waals surface area (Å²) in [6, 6.07) is 7.35. The van der Waals surface area contributed by atoms with Crippen LogP contribution >= 0.6 is 0 Å². The Hall–Kier alpha value is -2.41. The molecular weight excluding hydrogens is 360 g/mol. The van der Waals surface area contributed by atoms with Crippen molar-refractivity contribution in [3.63, 3.8) is 0 Å². The molecule has 152 valence electrons. The molecule has 3 rings (SSSR count). The van der Waals surface area contributed by atoms with Gasteiger partial charge in [-0.2, -0.15) is 0 Å². The molecule has 0 bridgehead atoms. The standard InChI is InChI=1S/C21H28N2O5/c1-13(22-17(20(25)26)11-10-14-6-3-2-4-7-14)19(24)18-16-9-5-8-15(16)12-23(18)21(27)28/h2-4,6-7,13,15-18,22H,5,8-12H2,1H3,(H,25,26)(H,27,28)/t13-,15?,16?,17?,18?/m0/s1. The predicted molar refractivity (Wildman–Crippen MR) is 103 cm³/mol. The molecule has 1 aliphatic carbocycles. The van der Waals surface area contributed by atoms with Crippen molar-refractivity contribution >= 4 is 17.8 Å². The van der Waals surface area contributed by atoms with Gasteiger partial charge in [-0.25, -0.2) is 4.79 Å². The molecule has 0 aromatic heterocycles. The van der Waals surface area contributed by atoms with E-state index in [0.717, 1.165) is 24.8 Å². The summed E-state index contributed by atoms with van der Waals surface area (Å²) < 4.78 is 0. The van der Waals surface area contributed by atoms with E-state index in [-0.39, 0.29) is 17.6 Å². The largest absolute Gasteiger partial charge is 0.480 e. The summed E-state index contributed by atoms with van der Waals surface area (Å²) in [6.07, 6.45) is 2.70. The third-order valence-corrected chi connectivity index (χ3v) is 6.17. The Balaban J connectivity index is 1.65. The third kappa shape index (κ3) is 4.35. The summed E-state index contributed by atoms with van der Waals surface area (Å²) in [7, 11) is 0. The van der Waals surface area contributed by atoms with Gasteiger partial charge in [0.05, 0.1) is 12.1 Å². The van der Waals surface area contributed by atoms with Crippen LogP contribution in [0.25, 0.3) is 0 Å². The summed E-state index contributed by atoms with van der Waals surface area (Å²) >= 11 is 0. The number of aryl methyl sites for hydroxylation is 1. The highest BCUT2D eigenvalue weighted by Gasteiger charge is 2.50. The van der Waals surface area contributed by atoms with Crippen LogP contribution in [-0.4, -0.2) is 57.6 Å². The Morgan fingerprint density at radius 3 is 2.54 bits per heavy atom. The number of likely N-dealkylation sites (tertiary alicyclic amines) is 1. The van der Waals surface area contributed by atoms with E-state index in [9.17, 15) is 24.6 Å². The molecule has 1 amide bonds. The van der Waals surface area contributed by atoms with Gasteiger partial charge in [-0.05, 0) is 50.0 Å². The van der Waals surface area contributed by atoms with Crippen LogP contribution in [0.5, 0.6) is 0 Å². The minimum absolute atomic E-state index is 0.0560. The first-order chi connectivity index (χ1) is 13.4. The molecule has 0 spiro atoms. The quantitative estimate of drug-likeness (QED) is 0.631. The molecule has 1 aromatic carbocycles. The van der Waals surface area contributed by atoms with E-state index >= 15 is 0 Å². The van der Waals surface area contributed by atoms with E-state index in [0.29, 0.717) is 19.4 Å². The zero-order valence-corrected chi connectivity index (χ0v) is 16.1. The number of hydrogen-bond donors (Lipinski definition) is 3. The fraction of sp³-hybridized carbons (Fsp3) is 0.571. The zero-order chi connectivity index (χ0) is 20.3. The van der Waals surface area contributed by atoms with E-state index in [1.54, 1.807) is 6.92 Å². The highest BCUT2D eigenvalue weighted by molar-refractivity contribution is 5.92. The second-order valence-electron chi connectivity index (χ2n) is 7.94. The minimum Gasteiger partial charge on any atom is -0.480 e. The SMILES string of the molecule is C[C@H](NC(CCc1ccccc1)C(=O)O)C(=O)C1C2CCCC2CN1C(=O)O. The Morgan fingerprint density at radius 1 is 1.18 bits per heavy atom. The van der Waals surface area contributed by atoms with Gasteiger partial charge in [0, 0.05) is 6.54 Å². The number of amides is 1. The van der Waals surface area contributed by atoms with Crippen molar-refractivity contribution < 1.29 is 24.6 Å². The number of carbonyl (C=O) groups is 3. The van der Waals surface area contributed by atoms with Crippen LogP contribution in [0.2, 0.25) is 0 Å². The number of fused-ring (bicyclic) bond motifs is 1. The fourth-order valence-electron chi connectivity index (χ4n) is 4.74. The van der Waals surface area contributed by atoms with Crippen molar-refractivity contribution in [1.82, 2.24) is 10.2 Å². The lowest BCUT2D eigenvalue weighted by atomic mass is 9.89. The molecule has 0 radical (unpaired) electrons. The van der Waals surface area contributed by atoms with Crippen LogP contribution in [0.1, 0.15) is 38.2 Å². The molecule has 4 unspecified atom stereocenters. The number of benzene rings is 1. The first-order valence-electron chi connectivity index (χ1n) is 9.94. The topological polar surface area (TPSA) is 107 Å². The molecule has 1 heterocycles. The first-order valence-corrected chi connectivity index (χ1v) is 9.94. The van der Waals surface area contributed by atoms with E-state index in [1.807, 2.05) is 30.3 Å². The fourth-order valence-corrected chi connectivity index (χ4v) is 4.74. The number of ketones is 1. The van der Waals surface area contributed by atoms with Crippen molar-refractivity contribution in [1.29, 1.82) is 0 Å². The molecule has 5 atom stereocenters. The van der Waals surface area contributed by atoms with Gasteiger partial charge >= 0.3 is 12.1 Å². The molecule has 28 heavy (non-hydrogen) atoms. The number of carboxylic acid groups (broad SMARTS) is 2. The predicted octanol–water partition coefficient (Wildman–Crippen LogP) is 2.40. The van der Waals surface area contributed by atoms with Crippen molar-refractivity contribution in [2.45, 2.75) is 57.2 Å². The minimum atomic E-state index is -1.07. The van der Waals surface area contributed by atoms with Crippen LogP contribution in [-0.2, 0) is 16.0 Å². The Labute approximate surface area is 164 Å². The number of Topliss-reactive ketones (excluding diaryl/α,β-unsaturated/α-hetero) is 1. The summed E-state index contributed by atoms with van der Waals surface area (Å²) in [5.74, 6) is -0.926. The lowest BCUT2D eigenvalue weighted by Crippen LogP contribution is -2.53. The van der Waals surface area contributed by atoms with Crippen molar-refractivity contribution in [2.24, 2.45) is 11.8 Å². The number of carboxylic acids is 1. The summed E-state index contributed by atoms with van der Waals surface area (Å²) in [4.78, 5) is 37.6. The highest BCUT2D eigenvalue weighted by atomic mass is 16.4. The molecule has 1 aromatic rings. The van der Waals surface area contributed by atoms with Crippen molar-refractivity contribution in [2.75, 3.05) is 6.54 Å². The van der Waals surface area contributed by atoms with Gasteiger partial charge in [0.1, 0.15) is 6.04 Å². The Kier molecular flexibility index (Phi) is 6.34. The lowest BCUT2D eigenvalue weighted by molar-refractivity contribution is -0.140. The zero-order valence-electron chi connectivity index (χ0n) is 16.1. The maximum Gasteiger partial charge on any atom is 0.407 e. The smallest absolute Gasteiger partial charge is 0.407 e. The molecular formula is C21H28N2O5. The number of carbonyl (C=O) groups excluding carboxylic acids is 1. The van der Waals surface area contributed by atoms with Gasteiger partial charge in [0.25, 0.3) is 0 Å². The number of nitrogens with one attached hydrogen (secondary N) is 1. The van der Waals surface area contributed by atoms with Crippen LogP contribution in [0.3, 0.4) is 0 Å². The number of nitrogens with zero attached hydrogens (tertiary/aromatic N) is 1. The second kappa shape index (κ2) is 8.73. The van der Waals surface area contributed by atoms with Gasteiger partial charge in [0.15, 0.2) is 5.78 Å². The first kappa shape index (κ1) is 20.3. The van der Waals surface area contributed by atoms with Crippen LogP contribution in [0.4, 0.5) is 4.79 Å². The molecule has 7 heteroatoms.